The summed E-state index contributed by atoms with van der Waals surface area (Å²) in [7, 11) is 0. The highest BCUT2D eigenvalue weighted by Gasteiger charge is 2.21. The van der Waals surface area contributed by atoms with Gasteiger partial charge in [0.05, 0.1) is 35.5 Å². The third kappa shape index (κ3) is 4.75. The second kappa shape index (κ2) is 9.17. The van der Waals surface area contributed by atoms with Crippen molar-refractivity contribution in [2.75, 3.05) is 25.0 Å². The number of aromatic nitrogens is 1. The van der Waals surface area contributed by atoms with Gasteiger partial charge in [-0.3, -0.25) is 0 Å². The Labute approximate surface area is 180 Å². The number of nitrogens with one attached hydrogen (secondary N) is 2. The van der Waals surface area contributed by atoms with E-state index in [1.54, 1.807) is 18.3 Å². The largest absolute Gasteiger partial charge is 0.508 e. The molecule has 0 saturated heterocycles. The first kappa shape index (κ1) is 20.2. The van der Waals surface area contributed by atoms with Gasteiger partial charge in [0.25, 0.3) is 0 Å². The number of nitrogens with zero attached hydrogens (tertiary/aromatic N) is 3. The maximum atomic E-state index is 9.59. The van der Waals surface area contributed by atoms with Crippen LogP contribution in [0.3, 0.4) is 0 Å². The van der Waals surface area contributed by atoms with Crippen LogP contribution in [0.15, 0.2) is 54.7 Å². The lowest BCUT2D eigenvalue weighted by molar-refractivity contribution is 0.194. The Kier molecular flexibility index (Phi) is 5.98. The molecule has 7 heteroatoms. The lowest BCUT2D eigenvalue weighted by Crippen LogP contribution is -2.40. The van der Waals surface area contributed by atoms with Crippen molar-refractivity contribution in [3.8, 4) is 34.9 Å². The van der Waals surface area contributed by atoms with Gasteiger partial charge in [-0.2, -0.15) is 10.5 Å². The van der Waals surface area contributed by atoms with E-state index in [1.807, 2.05) is 30.3 Å². The highest BCUT2D eigenvalue weighted by atomic mass is 16.5. The molecule has 0 saturated carbocycles. The van der Waals surface area contributed by atoms with Crippen molar-refractivity contribution in [2.45, 2.75) is 12.5 Å². The first-order chi connectivity index (χ1) is 15.2. The number of anilines is 1. The van der Waals surface area contributed by atoms with Crippen LogP contribution in [0.25, 0.3) is 11.1 Å². The Morgan fingerprint density at radius 2 is 1.97 bits per heavy atom. The molecule has 0 radical (unpaired) electrons. The number of fused-ring (bicyclic) bond motifs is 1. The van der Waals surface area contributed by atoms with E-state index in [0.717, 1.165) is 24.2 Å². The molecule has 1 aliphatic heterocycles. The van der Waals surface area contributed by atoms with Crippen LogP contribution in [0.5, 0.6) is 11.6 Å². The van der Waals surface area contributed by atoms with Gasteiger partial charge in [-0.05, 0) is 54.9 Å². The molecule has 1 atom stereocenters. The van der Waals surface area contributed by atoms with Gasteiger partial charge in [-0.25, -0.2) is 4.98 Å². The molecule has 31 heavy (non-hydrogen) atoms. The Bertz CT molecular complexity index is 1160. The van der Waals surface area contributed by atoms with E-state index in [4.69, 9.17) is 10.00 Å². The Balaban J connectivity index is 1.33. The maximum absolute atomic E-state index is 9.59. The minimum atomic E-state index is -0.0462. The third-order valence-electron chi connectivity index (χ3n) is 5.13. The predicted molar refractivity (Wildman–Crippen MR) is 117 cm³/mol. The molecular weight excluding hydrogens is 390 g/mol. The number of ether oxygens (including phenoxy) is 1. The average molecular weight is 411 g/mol. The summed E-state index contributed by atoms with van der Waals surface area (Å²) in [6.45, 7) is 2.13. The molecule has 2 aromatic carbocycles. The standard InChI is InChI=1S/C24H21N5O2/c25-11-17-3-1-16(2-4-17)7-8-27-14-21-15-28-23-10-19(13-29-24(23)31-21)22-6-5-20(30)9-18(22)12-26/h1-6,9-10,13,21,27-28,30H,7-8,14-15H2. The third-order valence-corrected chi connectivity index (χ3v) is 5.13. The van der Waals surface area contributed by atoms with Gasteiger partial charge < -0.3 is 20.5 Å². The number of nitriles is 2. The Morgan fingerprint density at radius 1 is 1.13 bits per heavy atom. The van der Waals surface area contributed by atoms with Crippen molar-refractivity contribution in [2.24, 2.45) is 0 Å². The van der Waals surface area contributed by atoms with Crippen molar-refractivity contribution in [3.05, 3.63) is 71.4 Å². The molecule has 0 bridgehead atoms. The van der Waals surface area contributed by atoms with Gasteiger partial charge in [0.1, 0.15) is 11.9 Å². The van der Waals surface area contributed by atoms with Crippen molar-refractivity contribution in [3.63, 3.8) is 0 Å². The summed E-state index contributed by atoms with van der Waals surface area (Å²) in [6, 6.07) is 18.5. The number of hydrogen-bond donors (Lipinski definition) is 3. The topological polar surface area (TPSA) is 114 Å². The molecule has 154 valence electrons. The van der Waals surface area contributed by atoms with E-state index >= 15 is 0 Å². The zero-order valence-corrected chi connectivity index (χ0v) is 16.8. The zero-order valence-electron chi connectivity index (χ0n) is 16.8. The van der Waals surface area contributed by atoms with Crippen LogP contribution in [0.4, 0.5) is 5.69 Å². The summed E-state index contributed by atoms with van der Waals surface area (Å²) in [4.78, 5) is 4.43. The van der Waals surface area contributed by atoms with Gasteiger partial charge in [0, 0.05) is 23.9 Å². The van der Waals surface area contributed by atoms with Crippen LogP contribution in [-0.4, -0.2) is 35.8 Å². The molecule has 7 nitrogen and oxygen atoms in total. The number of pyridine rings is 1. The van der Waals surface area contributed by atoms with Crippen molar-refractivity contribution >= 4 is 5.69 Å². The van der Waals surface area contributed by atoms with Crippen molar-refractivity contribution in [1.82, 2.24) is 10.3 Å². The van der Waals surface area contributed by atoms with Gasteiger partial charge in [-0.1, -0.05) is 12.1 Å². The fraction of sp³-hybridized carbons (Fsp3) is 0.208. The molecule has 1 aliphatic rings. The minimum absolute atomic E-state index is 0.0462. The molecule has 0 spiro atoms. The molecule has 0 fully saturated rings. The number of benzene rings is 2. The zero-order chi connectivity index (χ0) is 21.6. The van der Waals surface area contributed by atoms with Crippen molar-refractivity contribution < 1.29 is 9.84 Å². The highest BCUT2D eigenvalue weighted by molar-refractivity contribution is 5.75. The molecule has 0 amide bonds. The number of rotatable bonds is 6. The number of phenolic OH excluding ortho intramolecular Hbond substituents is 1. The lowest BCUT2D eigenvalue weighted by atomic mass is 10.0. The van der Waals surface area contributed by atoms with Gasteiger partial charge in [-0.15, -0.1) is 0 Å². The minimum Gasteiger partial charge on any atom is -0.508 e. The highest BCUT2D eigenvalue weighted by Crippen LogP contribution is 2.33. The molecule has 1 aromatic heterocycles. The molecule has 2 heterocycles. The summed E-state index contributed by atoms with van der Waals surface area (Å²) in [5.41, 5.74) is 4.52. The summed E-state index contributed by atoms with van der Waals surface area (Å²) in [5, 5.41) is 34.5. The van der Waals surface area contributed by atoms with E-state index < -0.39 is 0 Å². The number of hydrogen-bond acceptors (Lipinski definition) is 7. The van der Waals surface area contributed by atoms with Gasteiger partial charge in [0.2, 0.25) is 5.88 Å². The van der Waals surface area contributed by atoms with Crippen LogP contribution in [-0.2, 0) is 6.42 Å². The molecule has 3 N–H and O–H groups in total. The summed E-state index contributed by atoms with van der Waals surface area (Å²) in [5.74, 6) is 0.591. The first-order valence-electron chi connectivity index (χ1n) is 10.00. The normalized spacial score (nSPS) is 14.5. The molecule has 1 unspecified atom stereocenters. The maximum Gasteiger partial charge on any atom is 0.237 e. The smallest absolute Gasteiger partial charge is 0.237 e. The summed E-state index contributed by atoms with van der Waals surface area (Å²) >= 11 is 0. The molecule has 3 aromatic rings. The van der Waals surface area contributed by atoms with Crippen LogP contribution >= 0.6 is 0 Å². The molecular formula is C24H21N5O2. The summed E-state index contributed by atoms with van der Waals surface area (Å²) in [6.07, 6.45) is 2.50. The monoisotopic (exact) mass is 411 g/mol. The van der Waals surface area contributed by atoms with E-state index in [1.165, 1.54) is 11.6 Å². The quantitative estimate of drug-likeness (QED) is 0.534. The van der Waals surface area contributed by atoms with E-state index in [0.29, 0.717) is 35.7 Å². The van der Waals surface area contributed by atoms with E-state index in [9.17, 15) is 10.4 Å². The van der Waals surface area contributed by atoms with E-state index in [-0.39, 0.29) is 11.9 Å². The first-order valence-corrected chi connectivity index (χ1v) is 10.00. The predicted octanol–water partition coefficient (Wildman–Crippen LogP) is 3.20. The summed E-state index contributed by atoms with van der Waals surface area (Å²) < 4.78 is 6.00. The van der Waals surface area contributed by atoms with Gasteiger partial charge >= 0.3 is 0 Å². The fourth-order valence-electron chi connectivity index (χ4n) is 3.48. The molecule has 0 aliphatic carbocycles. The Morgan fingerprint density at radius 3 is 2.74 bits per heavy atom. The van der Waals surface area contributed by atoms with E-state index in [2.05, 4.69) is 27.8 Å². The second-order valence-corrected chi connectivity index (χ2v) is 7.30. The Hall–Kier alpha value is -4.07. The lowest BCUT2D eigenvalue weighted by Gasteiger charge is -2.27. The molecule has 4 rings (SSSR count). The van der Waals surface area contributed by atoms with Crippen LogP contribution in [0.1, 0.15) is 16.7 Å². The van der Waals surface area contributed by atoms with Crippen LogP contribution < -0.4 is 15.4 Å². The SMILES string of the molecule is N#Cc1ccc(CCNCC2CNc3cc(-c4ccc(O)cc4C#N)cnc3O2)cc1. The van der Waals surface area contributed by atoms with Crippen molar-refractivity contribution in [1.29, 1.82) is 10.5 Å². The number of aromatic hydroxyl groups is 1. The van der Waals surface area contributed by atoms with Crippen LogP contribution in [0.2, 0.25) is 0 Å². The average Bonchev–Trinajstić information content (AvgIpc) is 2.81. The van der Waals surface area contributed by atoms with Crippen LogP contribution in [0, 0.1) is 22.7 Å². The number of phenols is 1. The van der Waals surface area contributed by atoms with Gasteiger partial charge in [0.15, 0.2) is 0 Å². The second-order valence-electron chi connectivity index (χ2n) is 7.30. The fourth-order valence-corrected chi connectivity index (χ4v) is 3.48.